The zero-order valence-electron chi connectivity index (χ0n) is 14.1. The van der Waals surface area contributed by atoms with E-state index in [1.165, 1.54) is 21.3 Å². The standard InChI is InChI=1S/C15H17N3O6S/c1-8(12(19)16-14(20)23-4)25-15-18-17-13(24-15)9-5-10(21-2)7-11(6-9)22-3/h5-8H,1-4H3,(H,16,19,20)/t8-/m1/s1. The maximum absolute atomic E-state index is 11.8. The first-order valence-corrected chi connectivity index (χ1v) is 7.97. The van der Waals surface area contributed by atoms with Crippen LogP contribution in [0.25, 0.3) is 11.5 Å². The monoisotopic (exact) mass is 367 g/mol. The van der Waals surface area contributed by atoms with Gasteiger partial charge in [-0.05, 0) is 19.1 Å². The van der Waals surface area contributed by atoms with Crippen LogP contribution >= 0.6 is 11.8 Å². The Hall–Kier alpha value is -2.75. The van der Waals surface area contributed by atoms with Crippen molar-refractivity contribution in [3.63, 3.8) is 0 Å². The van der Waals surface area contributed by atoms with Crippen LogP contribution < -0.4 is 14.8 Å². The molecule has 25 heavy (non-hydrogen) atoms. The summed E-state index contributed by atoms with van der Waals surface area (Å²) in [4.78, 5) is 22.9. The number of nitrogens with zero attached hydrogens (tertiary/aromatic N) is 2. The van der Waals surface area contributed by atoms with Gasteiger partial charge in [-0.25, -0.2) is 4.79 Å². The zero-order valence-corrected chi connectivity index (χ0v) is 14.9. The van der Waals surface area contributed by atoms with Crippen molar-refractivity contribution in [2.24, 2.45) is 0 Å². The fourth-order valence-electron chi connectivity index (χ4n) is 1.76. The van der Waals surface area contributed by atoms with Gasteiger partial charge in [0.1, 0.15) is 11.5 Å². The second kappa shape index (κ2) is 8.38. The van der Waals surface area contributed by atoms with E-state index in [4.69, 9.17) is 13.9 Å². The van der Waals surface area contributed by atoms with Gasteiger partial charge in [0.2, 0.25) is 11.8 Å². The second-order valence-corrected chi connectivity index (χ2v) is 6.01. The van der Waals surface area contributed by atoms with E-state index in [9.17, 15) is 9.59 Å². The molecule has 1 atom stereocenters. The highest BCUT2D eigenvalue weighted by Crippen LogP contribution is 2.31. The first kappa shape index (κ1) is 18.6. The summed E-state index contributed by atoms with van der Waals surface area (Å²) < 4.78 is 20.3. The van der Waals surface area contributed by atoms with Gasteiger partial charge in [-0.15, -0.1) is 10.2 Å². The lowest BCUT2D eigenvalue weighted by molar-refractivity contribution is -0.119. The van der Waals surface area contributed by atoms with Gasteiger partial charge in [0, 0.05) is 11.6 Å². The molecule has 0 saturated carbocycles. The number of thioether (sulfide) groups is 1. The molecule has 2 amide bonds. The summed E-state index contributed by atoms with van der Waals surface area (Å²) in [5, 5.41) is 9.48. The minimum Gasteiger partial charge on any atom is -0.497 e. The lowest BCUT2D eigenvalue weighted by Gasteiger charge is -2.07. The normalized spacial score (nSPS) is 11.5. The Morgan fingerprint density at radius 2 is 1.76 bits per heavy atom. The molecule has 1 aromatic carbocycles. The first-order valence-electron chi connectivity index (χ1n) is 7.09. The fraction of sp³-hybridized carbons (Fsp3) is 0.333. The average molecular weight is 367 g/mol. The summed E-state index contributed by atoms with van der Waals surface area (Å²) in [6.07, 6.45) is -0.827. The molecule has 0 aliphatic carbocycles. The molecule has 0 bridgehead atoms. The zero-order chi connectivity index (χ0) is 18.4. The third-order valence-corrected chi connectivity index (χ3v) is 4.00. The predicted molar refractivity (Wildman–Crippen MR) is 88.7 cm³/mol. The molecule has 0 fully saturated rings. The Labute approximate surface area is 148 Å². The number of methoxy groups -OCH3 is 3. The van der Waals surface area contributed by atoms with Crippen LogP contribution in [-0.4, -0.2) is 48.8 Å². The highest BCUT2D eigenvalue weighted by Gasteiger charge is 2.21. The van der Waals surface area contributed by atoms with E-state index in [0.717, 1.165) is 11.8 Å². The van der Waals surface area contributed by atoms with Crippen molar-refractivity contribution in [1.82, 2.24) is 15.5 Å². The van der Waals surface area contributed by atoms with Gasteiger partial charge in [-0.2, -0.15) is 0 Å². The van der Waals surface area contributed by atoms with E-state index >= 15 is 0 Å². The molecular formula is C15H17N3O6S. The number of nitrogens with one attached hydrogen (secondary N) is 1. The van der Waals surface area contributed by atoms with E-state index in [1.807, 2.05) is 0 Å². The van der Waals surface area contributed by atoms with Gasteiger partial charge in [-0.1, -0.05) is 11.8 Å². The summed E-state index contributed by atoms with van der Waals surface area (Å²) in [5.41, 5.74) is 0.613. The molecule has 2 aromatic rings. The van der Waals surface area contributed by atoms with Crippen molar-refractivity contribution < 1.29 is 28.2 Å². The summed E-state index contributed by atoms with van der Waals surface area (Å²) in [7, 11) is 4.25. The molecule has 134 valence electrons. The Morgan fingerprint density at radius 1 is 1.12 bits per heavy atom. The summed E-state index contributed by atoms with van der Waals surface area (Å²) in [6.45, 7) is 1.60. The average Bonchev–Trinajstić information content (AvgIpc) is 3.09. The van der Waals surface area contributed by atoms with Crippen molar-refractivity contribution in [2.45, 2.75) is 17.4 Å². The fourth-order valence-corrected chi connectivity index (χ4v) is 2.45. The molecule has 10 heteroatoms. The van der Waals surface area contributed by atoms with Crippen molar-refractivity contribution in [3.05, 3.63) is 18.2 Å². The minimum absolute atomic E-state index is 0.185. The largest absolute Gasteiger partial charge is 0.497 e. The van der Waals surface area contributed by atoms with Crippen LogP contribution in [0.2, 0.25) is 0 Å². The molecule has 2 rings (SSSR count). The van der Waals surface area contributed by atoms with Gasteiger partial charge in [0.15, 0.2) is 0 Å². The first-order chi connectivity index (χ1) is 12.0. The van der Waals surface area contributed by atoms with Crippen LogP contribution in [0.3, 0.4) is 0 Å². The molecule has 0 aliphatic heterocycles. The highest BCUT2D eigenvalue weighted by atomic mass is 32.2. The highest BCUT2D eigenvalue weighted by molar-refractivity contribution is 8.00. The van der Waals surface area contributed by atoms with E-state index in [1.54, 1.807) is 25.1 Å². The summed E-state index contributed by atoms with van der Waals surface area (Å²) in [6, 6.07) is 5.16. The lowest BCUT2D eigenvalue weighted by Crippen LogP contribution is -2.35. The van der Waals surface area contributed by atoms with E-state index in [0.29, 0.717) is 17.1 Å². The van der Waals surface area contributed by atoms with E-state index in [-0.39, 0.29) is 11.1 Å². The number of alkyl carbamates (subject to hydrolysis) is 1. The molecule has 0 radical (unpaired) electrons. The van der Waals surface area contributed by atoms with Gasteiger partial charge < -0.3 is 18.6 Å². The number of carbonyl (C=O) groups excluding carboxylic acids is 2. The quantitative estimate of drug-likeness (QED) is 0.767. The third kappa shape index (κ3) is 4.86. The Balaban J connectivity index is 2.12. The van der Waals surface area contributed by atoms with Gasteiger partial charge in [-0.3, -0.25) is 10.1 Å². The number of benzene rings is 1. The predicted octanol–water partition coefficient (Wildman–Crippen LogP) is 2.12. The van der Waals surface area contributed by atoms with Crippen LogP contribution in [0.4, 0.5) is 4.79 Å². The maximum atomic E-state index is 11.8. The molecule has 0 saturated heterocycles. The molecule has 0 spiro atoms. The van der Waals surface area contributed by atoms with Crippen molar-refractivity contribution >= 4 is 23.8 Å². The Kier molecular flexibility index (Phi) is 6.23. The van der Waals surface area contributed by atoms with Crippen LogP contribution in [-0.2, 0) is 9.53 Å². The Morgan fingerprint density at radius 3 is 2.32 bits per heavy atom. The number of hydrogen-bond donors (Lipinski definition) is 1. The maximum Gasteiger partial charge on any atom is 0.413 e. The molecule has 0 unspecified atom stereocenters. The molecule has 9 nitrogen and oxygen atoms in total. The number of ether oxygens (including phenoxy) is 3. The van der Waals surface area contributed by atoms with Crippen molar-refractivity contribution in [1.29, 1.82) is 0 Å². The molecule has 1 N–H and O–H groups in total. The SMILES string of the molecule is COC(=O)NC(=O)[C@@H](C)Sc1nnc(-c2cc(OC)cc(OC)c2)o1. The van der Waals surface area contributed by atoms with Crippen LogP contribution in [0.15, 0.2) is 27.8 Å². The molecule has 1 aromatic heterocycles. The number of imide groups is 1. The summed E-state index contributed by atoms with van der Waals surface area (Å²) in [5.74, 6) is 0.875. The van der Waals surface area contributed by atoms with Crippen LogP contribution in [0.5, 0.6) is 11.5 Å². The van der Waals surface area contributed by atoms with Crippen LogP contribution in [0, 0.1) is 0 Å². The van der Waals surface area contributed by atoms with Crippen LogP contribution in [0.1, 0.15) is 6.92 Å². The van der Waals surface area contributed by atoms with Gasteiger partial charge >= 0.3 is 6.09 Å². The van der Waals surface area contributed by atoms with E-state index in [2.05, 4.69) is 20.3 Å². The number of carbonyl (C=O) groups is 2. The van der Waals surface area contributed by atoms with E-state index < -0.39 is 17.3 Å². The van der Waals surface area contributed by atoms with Crippen molar-refractivity contribution in [2.75, 3.05) is 21.3 Å². The topological polar surface area (TPSA) is 113 Å². The molecule has 0 aliphatic rings. The van der Waals surface area contributed by atoms with Gasteiger partial charge in [0.25, 0.3) is 5.22 Å². The molecular weight excluding hydrogens is 350 g/mol. The smallest absolute Gasteiger partial charge is 0.413 e. The number of aromatic nitrogens is 2. The lowest BCUT2D eigenvalue weighted by atomic mass is 10.2. The number of amides is 2. The summed E-state index contributed by atoms with van der Waals surface area (Å²) >= 11 is 1.02. The van der Waals surface area contributed by atoms with Crippen molar-refractivity contribution in [3.8, 4) is 23.0 Å². The number of hydrogen-bond acceptors (Lipinski definition) is 9. The Bertz CT molecular complexity index is 741. The minimum atomic E-state index is -0.827. The molecule has 1 heterocycles. The third-order valence-electron chi connectivity index (χ3n) is 3.06. The second-order valence-electron chi connectivity index (χ2n) is 4.72. The van der Waals surface area contributed by atoms with Gasteiger partial charge in [0.05, 0.1) is 26.6 Å². The number of rotatable bonds is 6.